The summed E-state index contributed by atoms with van der Waals surface area (Å²) in [6, 6.07) is 6.72. The summed E-state index contributed by atoms with van der Waals surface area (Å²) >= 11 is 0. The lowest BCUT2D eigenvalue weighted by Gasteiger charge is -2.34. The molecule has 0 radical (unpaired) electrons. The molecular weight excluding hydrogens is 421 g/mol. The Morgan fingerprint density at radius 3 is 2.13 bits per heavy atom. The van der Waals surface area contributed by atoms with Crippen molar-refractivity contribution in [2.75, 3.05) is 58.8 Å². The number of anilines is 1. The summed E-state index contributed by atoms with van der Waals surface area (Å²) in [6.45, 7) is 5.20. The van der Waals surface area contributed by atoms with Crippen LogP contribution in [0.3, 0.4) is 0 Å². The van der Waals surface area contributed by atoms with Gasteiger partial charge in [-0.25, -0.2) is 9.59 Å². The Morgan fingerprint density at radius 1 is 1.13 bits per heavy atom. The summed E-state index contributed by atoms with van der Waals surface area (Å²) in [6.07, 6.45) is -4.21. The highest BCUT2D eigenvalue weighted by Gasteiger charge is 2.38. The van der Waals surface area contributed by atoms with Crippen molar-refractivity contribution in [3.05, 3.63) is 29.8 Å². The fourth-order valence-corrected chi connectivity index (χ4v) is 2.46. The molecule has 1 aromatic rings. The molecule has 31 heavy (non-hydrogen) atoms. The molecule has 0 aliphatic carbocycles. The number of methoxy groups -OCH3 is 1. The van der Waals surface area contributed by atoms with Crippen molar-refractivity contribution in [3.63, 3.8) is 0 Å². The van der Waals surface area contributed by atoms with Gasteiger partial charge in [0.25, 0.3) is 0 Å². The molecule has 1 fully saturated rings. The van der Waals surface area contributed by atoms with Gasteiger partial charge in [-0.3, -0.25) is 4.99 Å². The van der Waals surface area contributed by atoms with E-state index in [-0.39, 0.29) is 5.56 Å². The lowest BCUT2D eigenvalue weighted by atomic mass is 10.2. The zero-order valence-corrected chi connectivity index (χ0v) is 17.4. The van der Waals surface area contributed by atoms with Gasteiger partial charge in [-0.1, -0.05) is 0 Å². The van der Waals surface area contributed by atoms with Crippen LogP contribution in [-0.2, 0) is 9.53 Å². The number of likely N-dealkylation sites (N-methyl/N-ethyl adjacent to an activating group) is 1. The van der Waals surface area contributed by atoms with Crippen LogP contribution in [0.5, 0.6) is 0 Å². The molecule has 0 aromatic heterocycles. The number of halogens is 3. The highest BCUT2D eigenvalue weighted by atomic mass is 19.4. The van der Waals surface area contributed by atoms with E-state index >= 15 is 0 Å². The number of benzene rings is 1. The molecule has 1 aromatic carbocycles. The first-order chi connectivity index (χ1) is 14.5. The maximum Gasteiger partial charge on any atom is 0.490 e. The number of nitrogens with zero attached hydrogens (tertiary/aromatic N) is 3. The molecule has 1 aliphatic rings. The number of hydrogen-bond donors (Lipinski definition) is 3. The second-order valence-corrected chi connectivity index (χ2v) is 6.65. The smallest absolute Gasteiger partial charge is 0.478 e. The van der Waals surface area contributed by atoms with Crippen LogP contribution in [0, 0.1) is 0 Å². The molecule has 1 heterocycles. The fraction of sp³-hybridized carbons (Fsp3) is 0.526. The minimum atomic E-state index is -5.08. The van der Waals surface area contributed by atoms with Gasteiger partial charge in [0.1, 0.15) is 0 Å². The standard InChI is InChI=1S/C17H26N4O3.C2HF3O2/c1-20-9-11-21(12-10-20)17(18-8-3-13-24-2)19-15-6-4-14(5-7-15)16(22)23;3-2(4,5)1(6)7/h4-7H,3,8-13H2,1-2H3,(H,18,19)(H,22,23);(H,6,7). The number of carboxylic acid groups (broad SMARTS) is 2. The van der Waals surface area contributed by atoms with Crippen molar-refractivity contribution in [2.24, 2.45) is 4.99 Å². The van der Waals surface area contributed by atoms with E-state index in [2.05, 4.69) is 27.2 Å². The van der Waals surface area contributed by atoms with Crippen LogP contribution in [0.4, 0.5) is 18.9 Å². The SMILES string of the molecule is COCCCN=C(Nc1ccc(C(=O)O)cc1)N1CCN(C)CC1.O=C(O)C(F)(F)F. The minimum Gasteiger partial charge on any atom is -0.478 e. The van der Waals surface area contributed by atoms with Crippen LogP contribution < -0.4 is 5.32 Å². The van der Waals surface area contributed by atoms with E-state index in [1.165, 1.54) is 0 Å². The van der Waals surface area contributed by atoms with Gasteiger partial charge in [0.2, 0.25) is 0 Å². The first kappa shape index (κ1) is 26.2. The molecule has 1 aliphatic heterocycles. The average Bonchev–Trinajstić information content (AvgIpc) is 2.71. The predicted octanol–water partition coefficient (Wildman–Crippen LogP) is 2.07. The number of rotatable bonds is 6. The summed E-state index contributed by atoms with van der Waals surface area (Å²) in [4.78, 5) is 29.0. The number of hydrogen-bond acceptors (Lipinski definition) is 5. The average molecular weight is 448 g/mol. The lowest BCUT2D eigenvalue weighted by Crippen LogP contribution is -2.49. The van der Waals surface area contributed by atoms with Crippen LogP contribution in [0.15, 0.2) is 29.3 Å². The summed E-state index contributed by atoms with van der Waals surface area (Å²) in [7, 11) is 3.80. The maximum atomic E-state index is 10.9. The molecular formula is C19H27F3N4O5. The molecule has 0 unspecified atom stereocenters. The van der Waals surface area contributed by atoms with Crippen molar-refractivity contribution >= 4 is 23.6 Å². The Morgan fingerprint density at radius 2 is 1.68 bits per heavy atom. The van der Waals surface area contributed by atoms with E-state index in [1.54, 1.807) is 31.4 Å². The molecule has 0 saturated carbocycles. The third kappa shape index (κ3) is 10.1. The summed E-state index contributed by atoms with van der Waals surface area (Å²) in [5.74, 6) is -2.84. The Balaban J connectivity index is 0.000000592. The summed E-state index contributed by atoms with van der Waals surface area (Å²) in [5.41, 5.74) is 1.11. The maximum absolute atomic E-state index is 10.9. The van der Waals surface area contributed by atoms with Crippen LogP contribution in [0.1, 0.15) is 16.8 Å². The van der Waals surface area contributed by atoms with Crippen molar-refractivity contribution in [1.82, 2.24) is 9.80 Å². The second-order valence-electron chi connectivity index (χ2n) is 6.65. The van der Waals surface area contributed by atoms with Gasteiger partial charge < -0.3 is 30.1 Å². The van der Waals surface area contributed by atoms with Crippen molar-refractivity contribution < 1.29 is 37.7 Å². The van der Waals surface area contributed by atoms with Crippen LogP contribution >= 0.6 is 0 Å². The third-order valence-electron chi connectivity index (χ3n) is 4.20. The second kappa shape index (κ2) is 12.7. The van der Waals surface area contributed by atoms with E-state index in [1.807, 2.05) is 0 Å². The van der Waals surface area contributed by atoms with E-state index < -0.39 is 18.1 Å². The van der Waals surface area contributed by atoms with Gasteiger partial charge in [-0.05, 0) is 37.7 Å². The quantitative estimate of drug-likeness (QED) is 0.344. The molecule has 174 valence electrons. The van der Waals surface area contributed by atoms with Gasteiger partial charge in [0.05, 0.1) is 5.56 Å². The number of aliphatic carboxylic acids is 1. The molecule has 0 bridgehead atoms. The Bertz CT molecular complexity index is 733. The fourth-order valence-electron chi connectivity index (χ4n) is 2.46. The number of ether oxygens (including phenoxy) is 1. The van der Waals surface area contributed by atoms with Crippen LogP contribution in [0.2, 0.25) is 0 Å². The number of carboxylic acids is 2. The number of aliphatic imine (C=N–C) groups is 1. The highest BCUT2D eigenvalue weighted by Crippen LogP contribution is 2.13. The van der Waals surface area contributed by atoms with Gasteiger partial charge in [0.15, 0.2) is 5.96 Å². The molecule has 9 nitrogen and oxygen atoms in total. The van der Waals surface area contributed by atoms with Gasteiger partial charge >= 0.3 is 18.1 Å². The molecule has 1 saturated heterocycles. The van der Waals surface area contributed by atoms with E-state index in [9.17, 15) is 18.0 Å². The largest absolute Gasteiger partial charge is 0.490 e. The Kier molecular flexibility index (Phi) is 10.8. The molecule has 0 amide bonds. The van der Waals surface area contributed by atoms with Gasteiger partial charge in [-0.15, -0.1) is 0 Å². The zero-order chi connectivity index (χ0) is 23.4. The van der Waals surface area contributed by atoms with E-state index in [0.717, 1.165) is 44.2 Å². The number of piperazine rings is 1. The van der Waals surface area contributed by atoms with Crippen LogP contribution in [0.25, 0.3) is 0 Å². The first-order valence-electron chi connectivity index (χ1n) is 9.42. The Labute approximate surface area is 178 Å². The van der Waals surface area contributed by atoms with Gasteiger partial charge in [-0.2, -0.15) is 13.2 Å². The summed E-state index contributed by atoms with van der Waals surface area (Å²) in [5, 5.41) is 19.4. The topological polar surface area (TPSA) is 115 Å². The van der Waals surface area contributed by atoms with Crippen molar-refractivity contribution in [2.45, 2.75) is 12.6 Å². The monoisotopic (exact) mass is 448 g/mol. The normalized spacial score (nSPS) is 15.1. The van der Waals surface area contributed by atoms with Crippen LogP contribution in [-0.4, -0.2) is 97.6 Å². The number of guanidine groups is 1. The molecule has 0 atom stereocenters. The van der Waals surface area contributed by atoms with E-state index in [0.29, 0.717) is 13.2 Å². The number of alkyl halides is 3. The molecule has 2 rings (SSSR count). The minimum absolute atomic E-state index is 0.277. The first-order valence-corrected chi connectivity index (χ1v) is 9.42. The highest BCUT2D eigenvalue weighted by molar-refractivity contribution is 5.94. The van der Waals surface area contributed by atoms with Crippen molar-refractivity contribution in [3.8, 4) is 0 Å². The summed E-state index contributed by atoms with van der Waals surface area (Å²) < 4.78 is 36.8. The molecule has 12 heteroatoms. The van der Waals surface area contributed by atoms with Crippen molar-refractivity contribution in [1.29, 1.82) is 0 Å². The third-order valence-corrected chi connectivity index (χ3v) is 4.20. The number of carbonyl (C=O) groups is 2. The number of nitrogens with one attached hydrogen (secondary N) is 1. The molecule has 0 spiro atoms. The van der Waals surface area contributed by atoms with E-state index in [4.69, 9.17) is 19.7 Å². The molecule has 3 N–H and O–H groups in total. The zero-order valence-electron chi connectivity index (χ0n) is 17.4. The predicted molar refractivity (Wildman–Crippen MR) is 109 cm³/mol. The van der Waals surface area contributed by atoms with Gasteiger partial charge in [0, 0.05) is 52.1 Å². The lowest BCUT2D eigenvalue weighted by molar-refractivity contribution is -0.192. The number of aromatic carboxylic acids is 1. The Hall–Kier alpha value is -2.86.